The van der Waals surface area contributed by atoms with Gasteiger partial charge in [-0.05, 0) is 35.7 Å². The Hall–Kier alpha value is -1.20. The molecule has 0 aromatic heterocycles. The lowest BCUT2D eigenvalue weighted by atomic mass is 10.2. The zero-order valence-electron chi connectivity index (χ0n) is 8.97. The number of benzene rings is 1. The van der Waals surface area contributed by atoms with Crippen LogP contribution in [0.25, 0.3) is 0 Å². The van der Waals surface area contributed by atoms with Gasteiger partial charge in [-0.3, -0.25) is 9.00 Å². The predicted octanol–water partition coefficient (Wildman–Crippen LogP) is 2.02. The Labute approximate surface area is 96.9 Å². The topological polar surface area (TPSA) is 66.4 Å². The van der Waals surface area contributed by atoms with Crippen molar-refractivity contribution in [2.24, 2.45) is 0 Å². The fraction of sp³-hybridized carbons (Fsp3) is 0.364. The summed E-state index contributed by atoms with van der Waals surface area (Å²) in [5.74, 6) is -0.0708. The molecule has 0 spiro atoms. The van der Waals surface area contributed by atoms with Crippen LogP contribution in [0.5, 0.6) is 5.75 Å². The summed E-state index contributed by atoms with van der Waals surface area (Å²) in [7, 11) is 0. The summed E-state index contributed by atoms with van der Waals surface area (Å²) in [4.78, 5) is 11.4. The van der Waals surface area contributed by atoms with Crippen molar-refractivity contribution in [1.29, 1.82) is 0 Å². The zero-order chi connectivity index (χ0) is 12.0. The normalized spacial score (nSPS) is 12.1. The number of carbonyl (C=O) groups excluding carboxylic acids is 1. The van der Waals surface area contributed by atoms with Gasteiger partial charge < -0.3 is 9.29 Å². The Morgan fingerprint density at radius 3 is 2.88 bits per heavy atom. The lowest BCUT2D eigenvalue weighted by Crippen LogP contribution is -2.07. The molecule has 0 bridgehead atoms. The van der Waals surface area contributed by atoms with Crippen molar-refractivity contribution in [2.75, 3.05) is 0 Å². The van der Waals surface area contributed by atoms with Gasteiger partial charge in [-0.15, -0.1) is 0 Å². The molecule has 0 saturated carbocycles. The minimum Gasteiger partial charge on any atom is -0.768 e. The molecule has 0 aliphatic rings. The van der Waals surface area contributed by atoms with Crippen LogP contribution < -0.4 is 4.74 Å². The molecule has 0 aliphatic heterocycles. The molecular formula is C11H13O4S-. The van der Waals surface area contributed by atoms with Crippen LogP contribution in [0.3, 0.4) is 0 Å². The van der Waals surface area contributed by atoms with E-state index in [0.29, 0.717) is 6.42 Å². The summed E-state index contributed by atoms with van der Waals surface area (Å²) >= 11 is -2.30. The zero-order valence-corrected chi connectivity index (χ0v) is 9.79. The first kappa shape index (κ1) is 12.9. The molecule has 0 aliphatic carbocycles. The number of hydrogen-bond donors (Lipinski definition) is 0. The molecule has 16 heavy (non-hydrogen) atoms. The highest BCUT2D eigenvalue weighted by molar-refractivity contribution is 7.79. The average Bonchev–Trinajstić information content (AvgIpc) is 2.26. The summed E-state index contributed by atoms with van der Waals surface area (Å²) in [5.41, 5.74) is 0. The van der Waals surface area contributed by atoms with Crippen molar-refractivity contribution in [3.05, 3.63) is 24.3 Å². The minimum absolute atomic E-state index is 0.112. The number of esters is 1. The Morgan fingerprint density at radius 1 is 1.50 bits per heavy atom. The highest BCUT2D eigenvalue weighted by Crippen LogP contribution is 2.16. The molecule has 0 fully saturated rings. The highest BCUT2D eigenvalue weighted by Gasteiger charge is 2.04. The van der Waals surface area contributed by atoms with E-state index < -0.39 is 11.1 Å². The molecule has 5 heteroatoms. The van der Waals surface area contributed by atoms with Crippen molar-refractivity contribution in [3.8, 4) is 5.75 Å². The van der Waals surface area contributed by atoms with Gasteiger partial charge in [0.2, 0.25) is 0 Å². The van der Waals surface area contributed by atoms with Gasteiger partial charge >= 0.3 is 5.97 Å². The minimum atomic E-state index is -2.30. The molecule has 4 nitrogen and oxygen atoms in total. The second-order valence-corrected chi connectivity index (χ2v) is 4.23. The second kappa shape index (κ2) is 6.40. The molecule has 1 unspecified atom stereocenters. The van der Waals surface area contributed by atoms with Crippen LogP contribution in [-0.2, 0) is 15.9 Å². The number of carbonyl (C=O) groups is 1. The third-order valence-electron chi connectivity index (χ3n) is 1.96. The highest BCUT2D eigenvalue weighted by atomic mass is 32.2. The maximum Gasteiger partial charge on any atom is 0.311 e. The molecule has 1 aromatic rings. The van der Waals surface area contributed by atoms with Crippen molar-refractivity contribution < 1.29 is 18.3 Å². The molecule has 0 amide bonds. The largest absolute Gasteiger partial charge is 0.768 e. The third kappa shape index (κ3) is 4.12. The van der Waals surface area contributed by atoms with Gasteiger partial charge in [0.1, 0.15) is 5.75 Å². The number of ether oxygens (including phenoxy) is 1. The van der Waals surface area contributed by atoms with Crippen LogP contribution in [0.2, 0.25) is 0 Å². The monoisotopic (exact) mass is 241 g/mol. The second-order valence-electron chi connectivity index (χ2n) is 3.29. The fourth-order valence-electron chi connectivity index (χ4n) is 1.14. The van der Waals surface area contributed by atoms with E-state index in [-0.39, 0.29) is 16.6 Å². The van der Waals surface area contributed by atoms with Crippen LogP contribution in [0.4, 0.5) is 0 Å². The Bertz CT molecular complexity index is 389. The summed E-state index contributed by atoms with van der Waals surface area (Å²) in [6.45, 7) is 1.98. The Balaban J connectivity index is 2.63. The number of rotatable bonds is 5. The van der Waals surface area contributed by atoms with Gasteiger partial charge in [0.05, 0.1) is 0 Å². The summed E-state index contributed by atoms with van der Waals surface area (Å²) in [5, 5.41) is 0. The van der Waals surface area contributed by atoms with Gasteiger partial charge in [-0.2, -0.15) is 0 Å². The van der Waals surface area contributed by atoms with Crippen LogP contribution in [0.15, 0.2) is 29.2 Å². The molecule has 0 saturated heterocycles. The fourth-order valence-corrected chi connectivity index (χ4v) is 1.55. The molecule has 88 valence electrons. The molecule has 1 rings (SSSR count). The van der Waals surface area contributed by atoms with Gasteiger partial charge in [0.25, 0.3) is 0 Å². The quantitative estimate of drug-likeness (QED) is 0.449. The summed E-state index contributed by atoms with van der Waals surface area (Å²) < 4.78 is 26.3. The molecule has 1 aromatic carbocycles. The van der Waals surface area contributed by atoms with Gasteiger partial charge in [0, 0.05) is 11.3 Å². The number of hydrogen-bond acceptors (Lipinski definition) is 4. The van der Waals surface area contributed by atoms with E-state index in [1.807, 2.05) is 6.92 Å². The van der Waals surface area contributed by atoms with Crippen molar-refractivity contribution in [3.63, 3.8) is 0 Å². The molecule has 1 atom stereocenters. The molecule has 0 radical (unpaired) electrons. The predicted molar refractivity (Wildman–Crippen MR) is 58.8 cm³/mol. The first-order chi connectivity index (χ1) is 7.63. The Kier molecular flexibility index (Phi) is 5.14. The van der Waals surface area contributed by atoms with Crippen LogP contribution in [0, 0.1) is 0 Å². The SMILES string of the molecule is CCCCC(=O)Oc1cccc(S(=O)[O-])c1. The van der Waals surface area contributed by atoms with Crippen molar-refractivity contribution in [2.45, 2.75) is 31.1 Å². The van der Waals surface area contributed by atoms with E-state index in [0.717, 1.165) is 12.8 Å². The molecular weight excluding hydrogens is 228 g/mol. The standard InChI is InChI=1S/C11H14O4S/c1-2-3-7-11(12)15-9-5-4-6-10(8-9)16(13)14/h4-6,8H,2-3,7H2,1H3,(H,13,14)/p-1. The van der Waals surface area contributed by atoms with Crippen LogP contribution in [-0.4, -0.2) is 14.7 Å². The van der Waals surface area contributed by atoms with E-state index >= 15 is 0 Å². The van der Waals surface area contributed by atoms with Crippen LogP contribution in [0.1, 0.15) is 26.2 Å². The van der Waals surface area contributed by atoms with E-state index in [1.165, 1.54) is 18.2 Å². The first-order valence-corrected chi connectivity index (χ1v) is 6.11. The maximum absolute atomic E-state index is 11.3. The summed E-state index contributed by atoms with van der Waals surface area (Å²) in [6, 6.07) is 5.85. The third-order valence-corrected chi connectivity index (χ3v) is 2.60. The molecule has 0 heterocycles. The summed E-state index contributed by atoms with van der Waals surface area (Å²) in [6.07, 6.45) is 2.03. The van der Waals surface area contributed by atoms with E-state index in [9.17, 15) is 13.6 Å². The number of unbranched alkanes of at least 4 members (excludes halogenated alkanes) is 1. The molecule has 0 N–H and O–H groups in total. The van der Waals surface area contributed by atoms with E-state index in [4.69, 9.17) is 4.74 Å². The van der Waals surface area contributed by atoms with E-state index in [1.54, 1.807) is 6.07 Å². The Morgan fingerprint density at radius 2 is 2.25 bits per heavy atom. The average molecular weight is 241 g/mol. The smallest absolute Gasteiger partial charge is 0.311 e. The van der Waals surface area contributed by atoms with Crippen molar-refractivity contribution >= 4 is 17.0 Å². The maximum atomic E-state index is 11.3. The lowest BCUT2D eigenvalue weighted by molar-refractivity contribution is -0.134. The van der Waals surface area contributed by atoms with E-state index in [2.05, 4.69) is 0 Å². The van der Waals surface area contributed by atoms with Crippen molar-refractivity contribution in [1.82, 2.24) is 0 Å². The lowest BCUT2D eigenvalue weighted by Gasteiger charge is -2.07. The van der Waals surface area contributed by atoms with Crippen LogP contribution >= 0.6 is 0 Å². The first-order valence-electron chi connectivity index (χ1n) is 5.03. The van der Waals surface area contributed by atoms with Gasteiger partial charge in [0.15, 0.2) is 0 Å². The van der Waals surface area contributed by atoms with Gasteiger partial charge in [-0.1, -0.05) is 19.4 Å². The van der Waals surface area contributed by atoms with Gasteiger partial charge in [-0.25, -0.2) is 0 Å².